The third kappa shape index (κ3) is 3.21. The monoisotopic (exact) mass is 364 g/mol. The van der Waals surface area contributed by atoms with Gasteiger partial charge in [0.2, 0.25) is 0 Å². The van der Waals surface area contributed by atoms with Crippen LogP contribution >= 0.6 is 0 Å². The molecule has 1 saturated heterocycles. The fraction of sp³-hybridized carbons (Fsp3) is 0.455. The van der Waals surface area contributed by atoms with Gasteiger partial charge < -0.3 is 14.4 Å². The van der Waals surface area contributed by atoms with E-state index in [4.69, 9.17) is 9.47 Å². The van der Waals surface area contributed by atoms with Crippen molar-refractivity contribution in [2.45, 2.75) is 18.9 Å². The van der Waals surface area contributed by atoms with E-state index in [0.717, 1.165) is 23.8 Å². The van der Waals surface area contributed by atoms with Crippen LogP contribution in [-0.2, 0) is 4.74 Å². The summed E-state index contributed by atoms with van der Waals surface area (Å²) in [5, 5.41) is 0. The Bertz CT molecular complexity index is 821. The zero-order chi connectivity index (χ0) is 18.2. The van der Waals surface area contributed by atoms with E-state index in [2.05, 4.69) is 11.1 Å². The van der Waals surface area contributed by atoms with Crippen molar-refractivity contribution in [3.8, 4) is 5.75 Å². The zero-order valence-corrected chi connectivity index (χ0v) is 15.3. The minimum Gasteiger partial charge on any atom is -0.493 e. The average molecular weight is 364 g/mol. The second-order valence-corrected chi connectivity index (χ2v) is 7.90. The summed E-state index contributed by atoms with van der Waals surface area (Å²) in [6.07, 6.45) is 5.93. The number of fused-ring (bicyclic) bond motifs is 3. The number of carbonyl (C=O) groups excluding carboxylic acids is 1. The molecule has 0 N–H and O–H groups in total. The molecular weight excluding hydrogens is 340 g/mol. The largest absolute Gasteiger partial charge is 0.493 e. The van der Waals surface area contributed by atoms with Crippen LogP contribution in [0, 0.1) is 17.8 Å². The first-order chi connectivity index (χ1) is 13.3. The maximum atomic E-state index is 13.3. The molecule has 140 valence electrons. The number of amides is 1. The lowest BCUT2D eigenvalue weighted by Crippen LogP contribution is -2.35. The van der Waals surface area contributed by atoms with E-state index in [9.17, 15) is 4.79 Å². The molecule has 5 heteroatoms. The van der Waals surface area contributed by atoms with Crippen molar-refractivity contribution in [1.82, 2.24) is 9.88 Å². The van der Waals surface area contributed by atoms with Crippen molar-refractivity contribution in [2.75, 3.05) is 26.4 Å². The van der Waals surface area contributed by atoms with E-state index in [1.807, 2.05) is 35.2 Å². The van der Waals surface area contributed by atoms with Crippen molar-refractivity contribution >= 4 is 5.91 Å². The van der Waals surface area contributed by atoms with Gasteiger partial charge in [-0.1, -0.05) is 18.2 Å². The number of ether oxygens (including phenoxy) is 2. The van der Waals surface area contributed by atoms with Crippen molar-refractivity contribution in [3.63, 3.8) is 0 Å². The van der Waals surface area contributed by atoms with Gasteiger partial charge >= 0.3 is 0 Å². The SMILES string of the molecule is O=C(c1cccnc1)N1C[C@@H](COCC2CC2)[C@@H]2COc3ccccc3[C@@H]21. The van der Waals surface area contributed by atoms with E-state index < -0.39 is 0 Å². The van der Waals surface area contributed by atoms with Crippen LogP contribution in [0.5, 0.6) is 5.75 Å². The molecule has 1 aliphatic carbocycles. The maximum Gasteiger partial charge on any atom is 0.255 e. The number of carbonyl (C=O) groups is 1. The van der Waals surface area contributed by atoms with Gasteiger partial charge in [0.1, 0.15) is 5.75 Å². The van der Waals surface area contributed by atoms with Gasteiger partial charge in [-0.25, -0.2) is 0 Å². The topological polar surface area (TPSA) is 51.7 Å². The van der Waals surface area contributed by atoms with Crippen LogP contribution in [0.1, 0.15) is 34.8 Å². The number of likely N-dealkylation sites (tertiary alicyclic amines) is 1. The Morgan fingerprint density at radius 3 is 2.89 bits per heavy atom. The minimum atomic E-state index is 0.0391. The number of rotatable bonds is 5. The second kappa shape index (κ2) is 6.97. The van der Waals surface area contributed by atoms with Gasteiger partial charge in [-0.05, 0) is 37.0 Å². The molecule has 3 heterocycles. The molecule has 1 aromatic carbocycles. The summed E-state index contributed by atoms with van der Waals surface area (Å²) in [6, 6.07) is 11.8. The van der Waals surface area contributed by atoms with Gasteiger partial charge in [-0.3, -0.25) is 9.78 Å². The molecule has 5 nitrogen and oxygen atoms in total. The number of benzene rings is 1. The van der Waals surface area contributed by atoms with Crippen molar-refractivity contribution in [2.24, 2.45) is 17.8 Å². The highest BCUT2D eigenvalue weighted by Crippen LogP contribution is 2.47. The van der Waals surface area contributed by atoms with E-state index in [1.54, 1.807) is 12.4 Å². The molecule has 1 amide bonds. The van der Waals surface area contributed by atoms with E-state index in [1.165, 1.54) is 12.8 Å². The molecular formula is C22H24N2O3. The zero-order valence-electron chi connectivity index (χ0n) is 15.3. The molecule has 5 rings (SSSR count). The molecule has 2 aromatic rings. The Hall–Kier alpha value is -2.40. The molecule has 3 aliphatic rings. The number of hydrogen-bond acceptors (Lipinski definition) is 4. The smallest absolute Gasteiger partial charge is 0.255 e. The van der Waals surface area contributed by atoms with Crippen LogP contribution < -0.4 is 4.74 Å². The predicted octanol–water partition coefficient (Wildman–Crippen LogP) is 3.33. The summed E-state index contributed by atoms with van der Waals surface area (Å²) < 4.78 is 12.0. The van der Waals surface area contributed by atoms with Crippen LogP contribution in [0.3, 0.4) is 0 Å². The van der Waals surface area contributed by atoms with Gasteiger partial charge in [0.05, 0.1) is 24.8 Å². The third-order valence-electron chi connectivity index (χ3n) is 6.00. The molecule has 2 aliphatic heterocycles. The lowest BCUT2D eigenvalue weighted by Gasteiger charge is -2.34. The molecule has 1 saturated carbocycles. The molecule has 3 atom stereocenters. The van der Waals surface area contributed by atoms with Gasteiger partial charge in [-0.15, -0.1) is 0 Å². The Morgan fingerprint density at radius 2 is 2.07 bits per heavy atom. The van der Waals surface area contributed by atoms with Crippen molar-refractivity contribution in [1.29, 1.82) is 0 Å². The summed E-state index contributed by atoms with van der Waals surface area (Å²) in [6.45, 7) is 2.88. The summed E-state index contributed by atoms with van der Waals surface area (Å²) in [5.74, 6) is 2.24. The van der Waals surface area contributed by atoms with E-state index in [0.29, 0.717) is 31.2 Å². The number of aromatic nitrogens is 1. The van der Waals surface area contributed by atoms with Crippen molar-refractivity contribution in [3.05, 3.63) is 59.9 Å². The Kier molecular flexibility index (Phi) is 4.32. The first-order valence-corrected chi connectivity index (χ1v) is 9.81. The fourth-order valence-corrected chi connectivity index (χ4v) is 4.37. The van der Waals surface area contributed by atoms with Crippen molar-refractivity contribution < 1.29 is 14.3 Å². The summed E-state index contributed by atoms with van der Waals surface area (Å²) in [5.41, 5.74) is 1.75. The fourth-order valence-electron chi connectivity index (χ4n) is 4.37. The van der Waals surface area contributed by atoms with Gasteiger partial charge in [-0.2, -0.15) is 0 Å². The summed E-state index contributed by atoms with van der Waals surface area (Å²) in [7, 11) is 0. The Morgan fingerprint density at radius 1 is 1.19 bits per heavy atom. The minimum absolute atomic E-state index is 0.0391. The summed E-state index contributed by atoms with van der Waals surface area (Å²) in [4.78, 5) is 19.4. The van der Waals surface area contributed by atoms with Gasteiger partial charge in [0.15, 0.2) is 0 Å². The third-order valence-corrected chi connectivity index (χ3v) is 6.00. The van der Waals surface area contributed by atoms with Gasteiger partial charge in [0.25, 0.3) is 5.91 Å². The lowest BCUT2D eigenvalue weighted by atomic mass is 9.85. The summed E-state index contributed by atoms with van der Waals surface area (Å²) >= 11 is 0. The second-order valence-electron chi connectivity index (χ2n) is 7.90. The van der Waals surface area contributed by atoms with E-state index >= 15 is 0 Å². The normalized spacial score (nSPS) is 26.2. The Balaban J connectivity index is 1.43. The highest BCUT2D eigenvalue weighted by atomic mass is 16.5. The molecule has 0 spiro atoms. The quantitative estimate of drug-likeness (QED) is 0.817. The highest BCUT2D eigenvalue weighted by Gasteiger charge is 2.48. The van der Waals surface area contributed by atoms with E-state index in [-0.39, 0.29) is 17.9 Å². The molecule has 0 bridgehead atoms. The molecule has 27 heavy (non-hydrogen) atoms. The number of para-hydroxylation sites is 1. The number of pyridine rings is 1. The Labute approximate surface area is 159 Å². The van der Waals surface area contributed by atoms with Crippen LogP contribution in [0.4, 0.5) is 0 Å². The standard InChI is InChI=1S/C22H24N2O3/c25-22(16-4-3-9-23-10-16)24-11-17(13-26-12-15-7-8-15)19-14-27-20-6-2-1-5-18(20)21(19)24/h1-6,9-10,15,17,19,21H,7-8,11-14H2/t17-,19-,21-/m0/s1. The first-order valence-electron chi connectivity index (χ1n) is 9.81. The first kappa shape index (κ1) is 16.8. The van der Waals surface area contributed by atoms with Crippen LogP contribution in [0.2, 0.25) is 0 Å². The highest BCUT2D eigenvalue weighted by molar-refractivity contribution is 5.94. The predicted molar refractivity (Wildman–Crippen MR) is 100 cm³/mol. The number of hydrogen-bond donors (Lipinski definition) is 0. The lowest BCUT2D eigenvalue weighted by molar-refractivity contribution is 0.0623. The molecule has 0 unspecified atom stereocenters. The molecule has 1 aromatic heterocycles. The average Bonchev–Trinajstić information content (AvgIpc) is 3.47. The maximum absolute atomic E-state index is 13.3. The van der Waals surface area contributed by atoms with Crippen LogP contribution in [0.15, 0.2) is 48.8 Å². The molecule has 0 radical (unpaired) electrons. The number of nitrogens with zero attached hydrogens (tertiary/aromatic N) is 2. The molecule has 2 fully saturated rings. The van der Waals surface area contributed by atoms with Gasteiger partial charge in [0, 0.05) is 42.9 Å². The van der Waals surface area contributed by atoms with Crippen LogP contribution in [0.25, 0.3) is 0 Å². The van der Waals surface area contributed by atoms with Crippen LogP contribution in [-0.4, -0.2) is 42.2 Å².